The number of aromatic nitrogens is 1. The van der Waals surface area contributed by atoms with Crippen molar-refractivity contribution in [2.75, 3.05) is 24.6 Å². The van der Waals surface area contributed by atoms with Gasteiger partial charge in [-0.05, 0) is 61.7 Å². The van der Waals surface area contributed by atoms with Crippen LogP contribution in [0.15, 0.2) is 53.7 Å². The average molecular weight is 437 g/mol. The highest BCUT2D eigenvalue weighted by atomic mass is 32.2. The first-order valence-corrected chi connectivity index (χ1v) is 12.8. The van der Waals surface area contributed by atoms with Gasteiger partial charge in [0.1, 0.15) is 0 Å². The van der Waals surface area contributed by atoms with Gasteiger partial charge in [0.2, 0.25) is 0 Å². The first kappa shape index (κ1) is 21.4. The molecule has 1 aromatic heterocycles. The lowest BCUT2D eigenvalue weighted by molar-refractivity contribution is 0.0766. The molecule has 1 amide bonds. The second-order valence-corrected chi connectivity index (χ2v) is 11.5. The monoisotopic (exact) mass is 436 g/mol. The molecule has 2 aromatic rings. The number of nitrogens with zero attached hydrogens (tertiary/aromatic N) is 2. The topological polar surface area (TPSA) is 101 Å². The summed E-state index contributed by atoms with van der Waals surface area (Å²) in [6.45, 7) is 2.97. The van der Waals surface area contributed by atoms with Crippen LogP contribution in [0.1, 0.15) is 29.3 Å². The molecule has 0 aliphatic carbocycles. The molecule has 2 heterocycles. The maximum Gasteiger partial charge on any atom is 0.253 e. The molecule has 1 fully saturated rings. The number of likely N-dealkylation sites (N-methyl/N-ethyl adjacent to an activating group) is 1. The van der Waals surface area contributed by atoms with E-state index in [1.807, 2.05) is 19.1 Å². The van der Waals surface area contributed by atoms with Crippen LogP contribution in [0.3, 0.4) is 0 Å². The molecule has 1 aliphatic rings. The molecular weight excluding hydrogens is 412 g/mol. The molecule has 0 saturated carbocycles. The Kier molecular flexibility index (Phi) is 6.38. The summed E-state index contributed by atoms with van der Waals surface area (Å²) in [6.07, 6.45) is 4.24. The standard InChI is InChI=1S/C20H24N2O5S2/c1-2-22(13-9-16-7-11-21-12-8-16)20(23)17-3-5-18(6-4-17)29(26,27)19-10-14-28(24,25)15-19/h3-8,11-12,19H,2,9-10,13-15H2,1H3/t19-/m0/s1. The van der Waals surface area contributed by atoms with Crippen molar-refractivity contribution < 1.29 is 21.6 Å². The molecule has 0 N–H and O–H groups in total. The summed E-state index contributed by atoms with van der Waals surface area (Å²) in [5.74, 6) is -0.612. The van der Waals surface area contributed by atoms with Gasteiger partial charge in [-0.25, -0.2) is 16.8 Å². The smallest absolute Gasteiger partial charge is 0.253 e. The Labute approximate surface area is 171 Å². The van der Waals surface area contributed by atoms with Crippen molar-refractivity contribution in [2.24, 2.45) is 0 Å². The number of sulfone groups is 2. The van der Waals surface area contributed by atoms with Gasteiger partial charge in [0, 0.05) is 31.0 Å². The van der Waals surface area contributed by atoms with Gasteiger partial charge in [0.25, 0.3) is 5.91 Å². The largest absolute Gasteiger partial charge is 0.339 e. The molecule has 0 spiro atoms. The molecule has 7 nitrogen and oxygen atoms in total. The van der Waals surface area contributed by atoms with E-state index >= 15 is 0 Å². The van der Waals surface area contributed by atoms with Crippen LogP contribution in [0.2, 0.25) is 0 Å². The first-order chi connectivity index (χ1) is 13.7. The Morgan fingerprint density at radius 2 is 1.79 bits per heavy atom. The SMILES string of the molecule is CCN(CCc1ccncc1)C(=O)c1ccc(S(=O)(=O)[C@H]2CCS(=O)(=O)C2)cc1. The Bertz CT molecular complexity index is 1070. The lowest BCUT2D eigenvalue weighted by Crippen LogP contribution is -2.32. The number of hydrogen-bond acceptors (Lipinski definition) is 6. The third-order valence-electron chi connectivity index (χ3n) is 5.15. The zero-order chi connectivity index (χ0) is 21.1. The van der Waals surface area contributed by atoms with Crippen molar-refractivity contribution in [1.82, 2.24) is 9.88 Å². The predicted molar refractivity (Wildman–Crippen MR) is 110 cm³/mol. The highest BCUT2D eigenvalue weighted by Gasteiger charge is 2.38. The fourth-order valence-electron chi connectivity index (χ4n) is 3.38. The van der Waals surface area contributed by atoms with Gasteiger partial charge in [0.15, 0.2) is 19.7 Å². The van der Waals surface area contributed by atoms with E-state index in [2.05, 4.69) is 4.98 Å². The van der Waals surface area contributed by atoms with Gasteiger partial charge in [-0.1, -0.05) is 0 Å². The summed E-state index contributed by atoms with van der Waals surface area (Å²) in [6, 6.07) is 9.58. The molecule has 9 heteroatoms. The summed E-state index contributed by atoms with van der Waals surface area (Å²) in [7, 11) is -7.03. The second kappa shape index (κ2) is 8.62. The first-order valence-electron chi connectivity index (χ1n) is 9.45. The van der Waals surface area contributed by atoms with Crippen LogP contribution in [0.5, 0.6) is 0 Å². The van der Waals surface area contributed by atoms with Crippen LogP contribution < -0.4 is 0 Å². The van der Waals surface area contributed by atoms with E-state index in [1.165, 1.54) is 24.3 Å². The number of amides is 1. The highest BCUT2D eigenvalue weighted by Crippen LogP contribution is 2.25. The Hall–Kier alpha value is -2.26. The molecule has 1 aromatic carbocycles. The molecule has 3 rings (SSSR count). The normalized spacial score (nSPS) is 18.4. The van der Waals surface area contributed by atoms with Gasteiger partial charge in [-0.2, -0.15) is 0 Å². The second-order valence-electron chi connectivity index (χ2n) is 7.08. The maximum absolute atomic E-state index is 12.8. The zero-order valence-corrected chi connectivity index (χ0v) is 17.8. The number of carbonyl (C=O) groups excluding carboxylic acids is 1. The Morgan fingerprint density at radius 1 is 1.14 bits per heavy atom. The summed E-state index contributed by atoms with van der Waals surface area (Å²) < 4.78 is 48.6. The van der Waals surface area contributed by atoms with E-state index in [-0.39, 0.29) is 28.7 Å². The minimum atomic E-state index is -3.73. The van der Waals surface area contributed by atoms with Crippen LogP contribution in [-0.2, 0) is 26.1 Å². The van der Waals surface area contributed by atoms with E-state index in [1.54, 1.807) is 17.3 Å². The summed E-state index contributed by atoms with van der Waals surface area (Å²) >= 11 is 0. The fraction of sp³-hybridized carbons (Fsp3) is 0.400. The summed E-state index contributed by atoms with van der Waals surface area (Å²) in [4.78, 5) is 18.5. The number of benzene rings is 1. The molecule has 0 unspecified atom stereocenters. The number of hydrogen-bond donors (Lipinski definition) is 0. The Balaban J connectivity index is 1.70. The molecule has 29 heavy (non-hydrogen) atoms. The predicted octanol–water partition coefficient (Wildman–Crippen LogP) is 1.75. The van der Waals surface area contributed by atoms with Crippen molar-refractivity contribution in [1.29, 1.82) is 0 Å². The van der Waals surface area contributed by atoms with Crippen LogP contribution >= 0.6 is 0 Å². The van der Waals surface area contributed by atoms with Crippen molar-refractivity contribution >= 4 is 25.6 Å². The van der Waals surface area contributed by atoms with Crippen LogP contribution in [0.4, 0.5) is 0 Å². The van der Waals surface area contributed by atoms with E-state index in [0.29, 0.717) is 25.1 Å². The minimum absolute atomic E-state index is 0.0518. The van der Waals surface area contributed by atoms with E-state index in [4.69, 9.17) is 0 Å². The summed E-state index contributed by atoms with van der Waals surface area (Å²) in [5.41, 5.74) is 1.48. The lowest BCUT2D eigenvalue weighted by Gasteiger charge is -2.21. The highest BCUT2D eigenvalue weighted by molar-refractivity contribution is 7.96. The molecule has 0 bridgehead atoms. The average Bonchev–Trinajstić information content (AvgIpc) is 3.10. The van der Waals surface area contributed by atoms with Crippen molar-refractivity contribution in [3.63, 3.8) is 0 Å². The van der Waals surface area contributed by atoms with Crippen molar-refractivity contribution in [3.05, 3.63) is 59.9 Å². The van der Waals surface area contributed by atoms with Gasteiger partial charge < -0.3 is 4.90 Å². The van der Waals surface area contributed by atoms with Gasteiger partial charge in [-0.15, -0.1) is 0 Å². The van der Waals surface area contributed by atoms with Gasteiger partial charge in [-0.3, -0.25) is 9.78 Å². The van der Waals surface area contributed by atoms with E-state index in [9.17, 15) is 21.6 Å². The van der Waals surface area contributed by atoms with Crippen molar-refractivity contribution in [2.45, 2.75) is 29.9 Å². The lowest BCUT2D eigenvalue weighted by atomic mass is 10.1. The van der Waals surface area contributed by atoms with Crippen LogP contribution in [-0.4, -0.2) is 62.5 Å². The maximum atomic E-state index is 12.8. The minimum Gasteiger partial charge on any atom is -0.339 e. The number of pyridine rings is 1. The molecular formula is C20H24N2O5S2. The van der Waals surface area contributed by atoms with Gasteiger partial charge >= 0.3 is 0 Å². The molecule has 1 saturated heterocycles. The summed E-state index contributed by atoms with van der Waals surface area (Å²) in [5, 5.41) is -0.915. The quantitative estimate of drug-likeness (QED) is 0.655. The third kappa shape index (κ3) is 5.02. The van der Waals surface area contributed by atoms with E-state index in [0.717, 1.165) is 5.56 Å². The number of rotatable bonds is 7. The van der Waals surface area contributed by atoms with Crippen LogP contribution in [0, 0.1) is 0 Å². The molecule has 156 valence electrons. The van der Waals surface area contributed by atoms with Crippen LogP contribution in [0.25, 0.3) is 0 Å². The third-order valence-corrected chi connectivity index (χ3v) is 9.34. The van der Waals surface area contributed by atoms with Gasteiger partial charge in [0.05, 0.1) is 21.7 Å². The number of carbonyl (C=O) groups is 1. The molecule has 1 atom stereocenters. The molecule has 1 aliphatic heterocycles. The Morgan fingerprint density at radius 3 is 2.34 bits per heavy atom. The zero-order valence-electron chi connectivity index (χ0n) is 16.2. The van der Waals surface area contributed by atoms with E-state index < -0.39 is 24.9 Å². The van der Waals surface area contributed by atoms with Crippen molar-refractivity contribution in [3.8, 4) is 0 Å². The molecule has 0 radical (unpaired) electrons. The fourth-order valence-corrected chi connectivity index (χ4v) is 7.74.